The third-order valence-corrected chi connectivity index (χ3v) is 4.32. The molecule has 0 saturated carbocycles. The highest BCUT2D eigenvalue weighted by atomic mass is 19.1. The Hall–Kier alpha value is -3.73. The number of benzene rings is 1. The molecule has 0 fully saturated rings. The number of nitrogens with zero attached hydrogens (tertiary/aromatic N) is 3. The topological polar surface area (TPSA) is 117 Å². The maximum Gasteiger partial charge on any atom is 0.239 e. The van der Waals surface area contributed by atoms with Crippen LogP contribution in [0.1, 0.15) is 25.8 Å². The normalized spacial score (nSPS) is 11.8. The number of carbonyl (C=O) groups is 1. The minimum Gasteiger partial charge on any atom is -0.368 e. The Labute approximate surface area is 167 Å². The highest BCUT2D eigenvalue weighted by Crippen LogP contribution is 2.26. The molecule has 1 atom stereocenters. The van der Waals surface area contributed by atoms with Crippen molar-refractivity contribution in [2.45, 2.75) is 26.3 Å². The number of nitrogens with two attached hydrogens (primary N) is 1. The van der Waals surface area contributed by atoms with Crippen molar-refractivity contribution in [2.75, 3.05) is 10.6 Å². The predicted octanol–water partition coefficient (Wildman–Crippen LogP) is 3.70. The van der Waals surface area contributed by atoms with E-state index in [1.54, 1.807) is 12.3 Å². The van der Waals surface area contributed by atoms with E-state index in [4.69, 9.17) is 5.73 Å². The molecule has 3 rings (SSSR count). The molecule has 148 valence electrons. The third-order valence-electron chi connectivity index (χ3n) is 4.32. The van der Waals surface area contributed by atoms with Gasteiger partial charge < -0.3 is 16.4 Å². The van der Waals surface area contributed by atoms with Crippen LogP contribution in [0.25, 0.3) is 10.9 Å². The van der Waals surface area contributed by atoms with E-state index in [9.17, 15) is 14.4 Å². The number of fused-ring (bicyclic) bond motifs is 1. The predicted molar refractivity (Wildman–Crippen MR) is 110 cm³/mol. The van der Waals surface area contributed by atoms with Crippen molar-refractivity contribution in [1.29, 1.82) is 5.26 Å². The Kier molecular flexibility index (Phi) is 5.88. The number of anilines is 3. The number of amides is 1. The largest absolute Gasteiger partial charge is 0.368 e. The summed E-state index contributed by atoms with van der Waals surface area (Å²) in [4.78, 5) is 20.2. The number of hydrogen-bond acceptors (Lipinski definition) is 6. The molecule has 0 aliphatic heterocycles. The fourth-order valence-electron chi connectivity index (χ4n) is 2.94. The number of carbonyl (C=O) groups excluding carboxylic acids is 1. The van der Waals surface area contributed by atoms with E-state index in [2.05, 4.69) is 20.6 Å². The quantitative estimate of drug-likeness (QED) is 0.564. The first-order valence-electron chi connectivity index (χ1n) is 9.15. The minimum atomic E-state index is -0.774. The van der Waals surface area contributed by atoms with Gasteiger partial charge in [-0.05, 0) is 42.7 Å². The molecule has 29 heavy (non-hydrogen) atoms. The molecule has 0 bridgehead atoms. The lowest BCUT2D eigenvalue weighted by Gasteiger charge is -2.19. The zero-order valence-electron chi connectivity index (χ0n) is 16.1. The highest BCUT2D eigenvalue weighted by molar-refractivity contribution is 5.84. The molecular formula is C21H21FN6O. The number of hydrogen-bond donors (Lipinski definition) is 3. The number of rotatable bonds is 7. The van der Waals surface area contributed by atoms with Crippen LogP contribution in [-0.2, 0) is 4.79 Å². The van der Waals surface area contributed by atoms with Gasteiger partial charge in [0.25, 0.3) is 0 Å². The summed E-state index contributed by atoms with van der Waals surface area (Å²) in [7, 11) is 0. The van der Waals surface area contributed by atoms with Gasteiger partial charge in [0, 0.05) is 17.3 Å². The Morgan fingerprint density at radius 2 is 2.07 bits per heavy atom. The van der Waals surface area contributed by atoms with Crippen LogP contribution in [0.3, 0.4) is 0 Å². The lowest BCUT2D eigenvalue weighted by molar-refractivity contribution is -0.119. The van der Waals surface area contributed by atoms with Gasteiger partial charge in [-0.15, -0.1) is 0 Å². The highest BCUT2D eigenvalue weighted by Gasteiger charge is 2.20. The van der Waals surface area contributed by atoms with E-state index >= 15 is 0 Å². The fraction of sp³-hybridized carbons (Fsp3) is 0.238. The van der Waals surface area contributed by atoms with Gasteiger partial charge in [0.1, 0.15) is 12.1 Å². The van der Waals surface area contributed by atoms with E-state index in [1.807, 2.05) is 44.2 Å². The third kappa shape index (κ3) is 4.76. The van der Waals surface area contributed by atoms with E-state index in [0.717, 1.165) is 17.0 Å². The summed E-state index contributed by atoms with van der Waals surface area (Å²) in [6, 6.07) is 11.4. The first-order valence-corrected chi connectivity index (χ1v) is 9.15. The van der Waals surface area contributed by atoms with Crippen LogP contribution in [0.5, 0.6) is 0 Å². The summed E-state index contributed by atoms with van der Waals surface area (Å²) in [5.41, 5.74) is 6.96. The smallest absolute Gasteiger partial charge is 0.239 e. The molecule has 1 amide bonds. The van der Waals surface area contributed by atoms with Crippen molar-refractivity contribution in [1.82, 2.24) is 9.97 Å². The van der Waals surface area contributed by atoms with Gasteiger partial charge in [-0.25, -0.2) is 9.37 Å². The monoisotopic (exact) mass is 392 g/mol. The first kappa shape index (κ1) is 20.0. The second-order valence-electron chi connectivity index (χ2n) is 7.09. The van der Waals surface area contributed by atoms with Crippen LogP contribution in [0.2, 0.25) is 0 Å². The maximum absolute atomic E-state index is 14.5. The van der Waals surface area contributed by atoms with Crippen molar-refractivity contribution in [3.05, 3.63) is 54.0 Å². The molecule has 1 aromatic carbocycles. The molecule has 0 saturated heterocycles. The molecule has 0 aliphatic carbocycles. The lowest BCUT2D eigenvalue weighted by Crippen LogP contribution is -2.37. The van der Waals surface area contributed by atoms with Crippen LogP contribution < -0.4 is 16.4 Å². The molecule has 4 N–H and O–H groups in total. The lowest BCUT2D eigenvalue weighted by atomic mass is 10.0. The number of pyridine rings is 2. The summed E-state index contributed by atoms with van der Waals surface area (Å²) < 4.78 is 14.5. The summed E-state index contributed by atoms with van der Waals surface area (Å²) >= 11 is 0. The first-order chi connectivity index (χ1) is 13.9. The zero-order valence-corrected chi connectivity index (χ0v) is 16.1. The Morgan fingerprint density at radius 3 is 2.76 bits per heavy atom. The molecule has 0 aliphatic rings. The van der Waals surface area contributed by atoms with Crippen LogP contribution in [0.15, 0.2) is 42.6 Å². The van der Waals surface area contributed by atoms with Crippen LogP contribution in [0.4, 0.5) is 21.7 Å². The Bertz CT molecular complexity index is 1090. The van der Waals surface area contributed by atoms with E-state index in [0.29, 0.717) is 12.1 Å². The number of nitrogens with one attached hydrogen (secondary N) is 2. The number of nitriles is 1. The average molecular weight is 392 g/mol. The SMILES string of the molecule is CC(C)C[C@@H](Nc1nc(Nc2ccc3ncccc3c2)c(C#N)cc1F)C(N)=O. The van der Waals surface area contributed by atoms with Gasteiger partial charge >= 0.3 is 0 Å². The van der Waals surface area contributed by atoms with Crippen molar-refractivity contribution in [3.63, 3.8) is 0 Å². The van der Waals surface area contributed by atoms with E-state index in [1.165, 1.54) is 0 Å². The molecule has 2 aromatic heterocycles. The number of aromatic nitrogens is 2. The molecule has 2 heterocycles. The van der Waals surface area contributed by atoms with Gasteiger partial charge in [-0.3, -0.25) is 9.78 Å². The standard InChI is InChI=1S/C21H21FN6O/c1-12(2)8-18(19(24)29)27-21-16(22)10-14(11-23)20(28-21)26-15-5-6-17-13(9-15)4-3-7-25-17/h3-7,9-10,12,18H,8H2,1-2H3,(H2,24,29)(H2,26,27,28)/t18-/m1/s1. The number of halogens is 1. The van der Waals surface area contributed by atoms with Crippen molar-refractivity contribution in [2.24, 2.45) is 11.7 Å². The zero-order chi connectivity index (χ0) is 21.0. The second-order valence-corrected chi connectivity index (χ2v) is 7.09. The molecule has 0 spiro atoms. The second kappa shape index (κ2) is 8.52. The van der Waals surface area contributed by atoms with Crippen molar-refractivity contribution in [3.8, 4) is 6.07 Å². The summed E-state index contributed by atoms with van der Waals surface area (Å²) in [6.45, 7) is 3.86. The summed E-state index contributed by atoms with van der Waals surface area (Å²) in [6.07, 6.45) is 2.13. The fourth-order valence-corrected chi connectivity index (χ4v) is 2.94. The van der Waals surface area contributed by atoms with Crippen LogP contribution in [0, 0.1) is 23.1 Å². The Morgan fingerprint density at radius 1 is 1.28 bits per heavy atom. The molecular weight excluding hydrogens is 371 g/mol. The van der Waals surface area contributed by atoms with Crippen LogP contribution in [-0.4, -0.2) is 21.9 Å². The van der Waals surface area contributed by atoms with Gasteiger partial charge in [-0.2, -0.15) is 5.26 Å². The molecule has 3 aromatic rings. The van der Waals surface area contributed by atoms with E-state index in [-0.39, 0.29) is 23.1 Å². The number of primary amides is 1. The van der Waals surface area contributed by atoms with Gasteiger partial charge in [0.05, 0.1) is 11.1 Å². The summed E-state index contributed by atoms with van der Waals surface area (Å²) in [5.74, 6) is -1.12. The molecule has 0 radical (unpaired) electrons. The Balaban J connectivity index is 1.94. The van der Waals surface area contributed by atoms with Crippen LogP contribution >= 0.6 is 0 Å². The van der Waals surface area contributed by atoms with Gasteiger partial charge in [0.2, 0.25) is 5.91 Å². The minimum absolute atomic E-state index is 0.0406. The van der Waals surface area contributed by atoms with E-state index < -0.39 is 17.8 Å². The van der Waals surface area contributed by atoms with Crippen molar-refractivity contribution >= 4 is 34.1 Å². The average Bonchev–Trinajstić information content (AvgIpc) is 2.69. The van der Waals surface area contributed by atoms with Gasteiger partial charge in [0.15, 0.2) is 17.5 Å². The molecule has 7 nitrogen and oxygen atoms in total. The molecule has 0 unspecified atom stereocenters. The summed E-state index contributed by atoms with van der Waals surface area (Å²) in [5, 5.41) is 16.1. The molecule has 8 heteroatoms. The van der Waals surface area contributed by atoms with Crippen molar-refractivity contribution < 1.29 is 9.18 Å². The maximum atomic E-state index is 14.5. The van der Waals surface area contributed by atoms with Gasteiger partial charge in [-0.1, -0.05) is 19.9 Å².